The van der Waals surface area contributed by atoms with Gasteiger partial charge in [0.25, 0.3) is 0 Å². The average Bonchev–Trinajstić information content (AvgIpc) is 3.14. The predicted octanol–water partition coefficient (Wildman–Crippen LogP) is 3.15. The van der Waals surface area contributed by atoms with E-state index >= 15 is 0 Å². The molecule has 1 fully saturated rings. The van der Waals surface area contributed by atoms with Crippen molar-refractivity contribution in [1.82, 2.24) is 19.7 Å². The number of hydrogen-bond donors (Lipinski definition) is 0. The number of rotatable bonds is 8. The lowest BCUT2D eigenvalue weighted by Gasteiger charge is -2.17. The molecule has 1 aromatic heterocycles. The number of ether oxygens (including phenoxy) is 1. The van der Waals surface area contributed by atoms with Crippen LogP contribution in [-0.4, -0.2) is 52.0 Å². The second-order valence-electron chi connectivity index (χ2n) is 5.74. The van der Waals surface area contributed by atoms with Crippen LogP contribution in [0.25, 0.3) is 0 Å². The van der Waals surface area contributed by atoms with Gasteiger partial charge >= 0.3 is 0 Å². The van der Waals surface area contributed by atoms with Crippen molar-refractivity contribution in [1.29, 1.82) is 0 Å². The molecule has 1 aliphatic heterocycles. The molecule has 0 amide bonds. The van der Waals surface area contributed by atoms with Gasteiger partial charge in [0.1, 0.15) is 12.2 Å². The van der Waals surface area contributed by atoms with Crippen molar-refractivity contribution in [3.05, 3.63) is 12.2 Å². The highest BCUT2D eigenvalue weighted by Gasteiger charge is 2.29. The maximum Gasteiger partial charge on any atom is 0.150 e. The Kier molecular flexibility index (Phi) is 9.32. The quantitative estimate of drug-likeness (QED) is 0.740. The number of likely N-dealkylation sites (N-methyl/N-ethyl adjacent to an activating group) is 1. The van der Waals surface area contributed by atoms with E-state index < -0.39 is 0 Å². The molecule has 2 heterocycles. The van der Waals surface area contributed by atoms with Crippen LogP contribution >= 0.6 is 0 Å². The first kappa shape index (κ1) is 19.1. The summed E-state index contributed by atoms with van der Waals surface area (Å²) < 4.78 is 7.88. The Morgan fingerprint density at radius 2 is 2.09 bits per heavy atom. The molecule has 1 aliphatic rings. The van der Waals surface area contributed by atoms with Crippen molar-refractivity contribution < 1.29 is 4.74 Å². The standard InChI is InChI=1S/C15H28N4O.C2H6/c1-4-6-7-13-10-14(11-18(13)3)20-9-8-19-12-16-15(5-2)17-19;1-2/h12-14H,4-11H2,1-3H3;1-2H3. The lowest BCUT2D eigenvalue weighted by atomic mass is 10.1. The largest absolute Gasteiger partial charge is 0.375 e. The zero-order chi connectivity index (χ0) is 16.4. The summed E-state index contributed by atoms with van der Waals surface area (Å²) in [5, 5.41) is 4.38. The second kappa shape index (κ2) is 10.7. The molecule has 2 rings (SSSR count). The Balaban J connectivity index is 0.00000116. The van der Waals surface area contributed by atoms with Crippen LogP contribution in [0.1, 0.15) is 59.2 Å². The van der Waals surface area contributed by atoms with Gasteiger partial charge in [-0.1, -0.05) is 40.5 Å². The highest BCUT2D eigenvalue weighted by atomic mass is 16.5. The van der Waals surface area contributed by atoms with E-state index in [4.69, 9.17) is 4.74 Å². The third kappa shape index (κ3) is 6.05. The average molecular weight is 310 g/mol. The van der Waals surface area contributed by atoms with Crippen LogP contribution in [0.4, 0.5) is 0 Å². The fraction of sp³-hybridized carbons (Fsp3) is 0.882. The summed E-state index contributed by atoms with van der Waals surface area (Å²) in [7, 11) is 2.22. The second-order valence-corrected chi connectivity index (χ2v) is 5.74. The molecule has 0 N–H and O–H groups in total. The van der Waals surface area contributed by atoms with Gasteiger partial charge in [0.2, 0.25) is 0 Å². The van der Waals surface area contributed by atoms with Gasteiger partial charge in [-0.3, -0.25) is 4.68 Å². The van der Waals surface area contributed by atoms with Gasteiger partial charge in [0.15, 0.2) is 0 Å². The van der Waals surface area contributed by atoms with E-state index in [1.165, 1.54) is 25.7 Å². The van der Waals surface area contributed by atoms with E-state index in [1.807, 2.05) is 18.5 Å². The molecule has 22 heavy (non-hydrogen) atoms. The van der Waals surface area contributed by atoms with Crippen molar-refractivity contribution in [2.24, 2.45) is 0 Å². The molecular formula is C17H34N4O. The Labute approximate surface area is 136 Å². The molecular weight excluding hydrogens is 276 g/mol. The van der Waals surface area contributed by atoms with E-state index in [1.54, 1.807) is 6.33 Å². The minimum absolute atomic E-state index is 0.385. The fourth-order valence-corrected chi connectivity index (χ4v) is 2.84. The molecule has 128 valence electrons. The lowest BCUT2D eigenvalue weighted by Crippen LogP contribution is -2.25. The smallest absolute Gasteiger partial charge is 0.150 e. The molecule has 0 bridgehead atoms. The van der Waals surface area contributed by atoms with E-state index in [0.29, 0.717) is 12.1 Å². The number of nitrogens with zero attached hydrogens (tertiary/aromatic N) is 4. The first-order valence-corrected chi connectivity index (χ1v) is 8.93. The maximum atomic E-state index is 6.00. The fourth-order valence-electron chi connectivity index (χ4n) is 2.84. The molecule has 0 aromatic carbocycles. The Bertz CT molecular complexity index is 394. The topological polar surface area (TPSA) is 43.2 Å². The monoisotopic (exact) mass is 310 g/mol. The molecule has 1 saturated heterocycles. The van der Waals surface area contributed by atoms with Crippen LogP contribution in [-0.2, 0) is 17.7 Å². The number of aromatic nitrogens is 3. The van der Waals surface area contributed by atoms with Crippen molar-refractivity contribution in [3.63, 3.8) is 0 Å². The molecule has 2 atom stereocenters. The summed E-state index contributed by atoms with van der Waals surface area (Å²) >= 11 is 0. The van der Waals surface area contributed by atoms with E-state index in [9.17, 15) is 0 Å². The first-order valence-electron chi connectivity index (χ1n) is 8.93. The zero-order valence-corrected chi connectivity index (χ0v) is 15.1. The van der Waals surface area contributed by atoms with Crippen LogP contribution in [0.5, 0.6) is 0 Å². The van der Waals surface area contributed by atoms with Crippen molar-refractivity contribution in [2.45, 2.75) is 78.5 Å². The van der Waals surface area contributed by atoms with Gasteiger partial charge in [-0.2, -0.15) is 5.10 Å². The molecule has 2 unspecified atom stereocenters. The first-order chi connectivity index (χ1) is 10.7. The molecule has 0 saturated carbocycles. The number of unbranched alkanes of at least 4 members (excludes halogenated alkanes) is 1. The number of likely N-dealkylation sites (tertiary alicyclic amines) is 1. The molecule has 0 spiro atoms. The highest BCUT2D eigenvalue weighted by molar-refractivity contribution is 4.84. The van der Waals surface area contributed by atoms with E-state index in [2.05, 4.69) is 35.9 Å². The van der Waals surface area contributed by atoms with Crippen LogP contribution in [0.3, 0.4) is 0 Å². The van der Waals surface area contributed by atoms with Gasteiger partial charge in [-0.05, 0) is 19.9 Å². The minimum Gasteiger partial charge on any atom is -0.375 e. The predicted molar refractivity (Wildman–Crippen MR) is 91.0 cm³/mol. The minimum atomic E-state index is 0.385. The SMILES string of the molecule is CC.CCCCC1CC(OCCn2cnc(CC)n2)CN1C. The molecule has 0 radical (unpaired) electrons. The zero-order valence-electron chi connectivity index (χ0n) is 15.1. The lowest BCUT2D eigenvalue weighted by molar-refractivity contribution is 0.0536. The summed E-state index contributed by atoms with van der Waals surface area (Å²) in [4.78, 5) is 6.68. The Morgan fingerprint density at radius 1 is 1.32 bits per heavy atom. The van der Waals surface area contributed by atoms with Crippen molar-refractivity contribution in [3.8, 4) is 0 Å². The normalized spacial score (nSPS) is 21.7. The van der Waals surface area contributed by atoms with Gasteiger partial charge in [-0.25, -0.2) is 4.98 Å². The Morgan fingerprint density at radius 3 is 2.73 bits per heavy atom. The molecule has 5 nitrogen and oxygen atoms in total. The van der Waals surface area contributed by atoms with Gasteiger partial charge in [-0.15, -0.1) is 0 Å². The third-order valence-electron chi connectivity index (χ3n) is 4.11. The van der Waals surface area contributed by atoms with Crippen LogP contribution in [0, 0.1) is 0 Å². The van der Waals surface area contributed by atoms with Gasteiger partial charge in [0, 0.05) is 19.0 Å². The van der Waals surface area contributed by atoms with Gasteiger partial charge < -0.3 is 9.64 Å². The maximum absolute atomic E-state index is 6.00. The van der Waals surface area contributed by atoms with Crippen LogP contribution < -0.4 is 0 Å². The summed E-state index contributed by atoms with van der Waals surface area (Å²) in [6, 6.07) is 0.706. The van der Waals surface area contributed by atoms with Crippen molar-refractivity contribution >= 4 is 0 Å². The summed E-state index contributed by atoms with van der Waals surface area (Å²) in [6.45, 7) is 10.9. The van der Waals surface area contributed by atoms with Crippen LogP contribution in [0.2, 0.25) is 0 Å². The number of hydrogen-bond acceptors (Lipinski definition) is 4. The van der Waals surface area contributed by atoms with Crippen molar-refractivity contribution in [2.75, 3.05) is 20.2 Å². The molecule has 0 aliphatic carbocycles. The van der Waals surface area contributed by atoms with E-state index in [0.717, 1.165) is 31.9 Å². The number of aryl methyl sites for hydroxylation is 1. The summed E-state index contributed by atoms with van der Waals surface area (Å²) in [5.41, 5.74) is 0. The van der Waals surface area contributed by atoms with Gasteiger partial charge in [0.05, 0.1) is 19.3 Å². The Hall–Kier alpha value is -0.940. The highest BCUT2D eigenvalue weighted by Crippen LogP contribution is 2.22. The van der Waals surface area contributed by atoms with E-state index in [-0.39, 0.29) is 0 Å². The van der Waals surface area contributed by atoms with Crippen LogP contribution in [0.15, 0.2) is 6.33 Å². The third-order valence-corrected chi connectivity index (χ3v) is 4.11. The molecule has 1 aromatic rings. The summed E-state index contributed by atoms with van der Waals surface area (Å²) in [6.07, 6.45) is 8.15. The summed E-state index contributed by atoms with van der Waals surface area (Å²) in [5.74, 6) is 0.908. The molecule has 5 heteroatoms.